The van der Waals surface area contributed by atoms with Crippen molar-refractivity contribution in [3.63, 3.8) is 0 Å². The summed E-state index contributed by atoms with van der Waals surface area (Å²) in [7, 11) is 2.00. The Morgan fingerprint density at radius 1 is 1.38 bits per heavy atom. The van der Waals surface area contributed by atoms with E-state index in [2.05, 4.69) is 44.3 Å². The highest BCUT2D eigenvalue weighted by molar-refractivity contribution is 8.00. The summed E-state index contributed by atoms with van der Waals surface area (Å²) in [5, 5.41) is 8.68. The molecule has 1 fully saturated rings. The molecule has 1 N–H and O–H groups in total. The molecule has 1 aliphatic rings. The van der Waals surface area contributed by atoms with E-state index in [0.717, 1.165) is 12.5 Å². The Morgan fingerprint density at radius 2 is 2.14 bits per heavy atom. The van der Waals surface area contributed by atoms with Gasteiger partial charge in [0.1, 0.15) is 0 Å². The molecule has 0 radical (unpaired) electrons. The van der Waals surface area contributed by atoms with E-state index in [-0.39, 0.29) is 0 Å². The zero-order valence-corrected chi connectivity index (χ0v) is 15.0. The molecule has 1 saturated carbocycles. The van der Waals surface area contributed by atoms with Gasteiger partial charge in [-0.3, -0.25) is 4.68 Å². The zero-order chi connectivity index (χ0) is 15.5. The fourth-order valence-electron chi connectivity index (χ4n) is 3.39. The highest BCUT2D eigenvalue weighted by Crippen LogP contribution is 2.44. The average molecular weight is 310 g/mol. The molecule has 2 rings (SSSR count). The lowest BCUT2D eigenvalue weighted by molar-refractivity contribution is 0.141. The highest BCUT2D eigenvalue weighted by atomic mass is 32.2. The second-order valence-electron chi connectivity index (χ2n) is 7.02. The molecule has 0 bridgehead atoms. The summed E-state index contributed by atoms with van der Waals surface area (Å²) in [6, 6.07) is 0.643. The maximum atomic E-state index is 4.31. The van der Waals surface area contributed by atoms with Gasteiger partial charge >= 0.3 is 0 Å². The fourth-order valence-corrected chi connectivity index (χ4v) is 4.78. The van der Waals surface area contributed by atoms with Crippen molar-refractivity contribution in [2.75, 3.05) is 6.54 Å². The van der Waals surface area contributed by atoms with Crippen LogP contribution in [0.15, 0.2) is 17.3 Å². The molecule has 1 aliphatic carbocycles. The van der Waals surface area contributed by atoms with Gasteiger partial charge in [0.25, 0.3) is 0 Å². The van der Waals surface area contributed by atoms with Crippen LogP contribution >= 0.6 is 11.8 Å². The molecule has 0 aromatic carbocycles. The minimum Gasteiger partial charge on any atom is -0.313 e. The smallest absolute Gasteiger partial charge is 0.0625 e. The van der Waals surface area contributed by atoms with E-state index >= 15 is 0 Å². The molecular formula is C17H31N3S. The molecule has 0 spiro atoms. The second kappa shape index (κ2) is 7.19. The maximum absolute atomic E-state index is 4.31. The Hall–Kier alpha value is -0.480. The summed E-state index contributed by atoms with van der Waals surface area (Å²) in [5.74, 6) is 0.839. The predicted octanol–water partition coefficient (Wildman–Crippen LogP) is 4.10. The Balaban J connectivity index is 2.07. The number of nitrogens with zero attached hydrogens (tertiary/aromatic N) is 2. The summed E-state index contributed by atoms with van der Waals surface area (Å²) >= 11 is 2.02. The largest absolute Gasteiger partial charge is 0.313 e. The van der Waals surface area contributed by atoms with Gasteiger partial charge in [0, 0.05) is 29.4 Å². The van der Waals surface area contributed by atoms with E-state index in [0.29, 0.717) is 16.7 Å². The Bertz CT molecular complexity index is 441. The van der Waals surface area contributed by atoms with E-state index in [1.54, 1.807) is 0 Å². The van der Waals surface area contributed by atoms with Gasteiger partial charge in [-0.2, -0.15) is 5.10 Å². The van der Waals surface area contributed by atoms with Crippen LogP contribution in [0, 0.1) is 11.3 Å². The number of rotatable bonds is 6. The maximum Gasteiger partial charge on any atom is 0.0625 e. The van der Waals surface area contributed by atoms with Crippen LogP contribution in [0.3, 0.4) is 0 Å². The minimum absolute atomic E-state index is 0.463. The van der Waals surface area contributed by atoms with Crippen molar-refractivity contribution in [1.29, 1.82) is 0 Å². The first kappa shape index (κ1) is 16.9. The third kappa shape index (κ3) is 4.26. The highest BCUT2D eigenvalue weighted by Gasteiger charge is 2.37. The number of nitrogens with one attached hydrogen (secondary N) is 1. The predicted molar refractivity (Wildman–Crippen MR) is 91.7 cm³/mol. The van der Waals surface area contributed by atoms with E-state index in [9.17, 15) is 0 Å². The molecule has 0 saturated heterocycles. The van der Waals surface area contributed by atoms with Crippen molar-refractivity contribution in [2.24, 2.45) is 18.4 Å². The topological polar surface area (TPSA) is 29.9 Å². The quantitative estimate of drug-likeness (QED) is 0.858. The number of hydrogen-bond acceptors (Lipinski definition) is 3. The van der Waals surface area contributed by atoms with Crippen molar-refractivity contribution in [3.8, 4) is 0 Å². The summed E-state index contributed by atoms with van der Waals surface area (Å²) in [6.07, 6.45) is 9.40. The molecule has 3 nitrogen and oxygen atoms in total. The van der Waals surface area contributed by atoms with Crippen molar-refractivity contribution in [2.45, 2.75) is 69.6 Å². The normalized spacial score (nSPS) is 27.0. The summed E-state index contributed by atoms with van der Waals surface area (Å²) in [5.41, 5.74) is 0.463. The molecule has 1 aromatic heterocycles. The van der Waals surface area contributed by atoms with Crippen LogP contribution in [0.4, 0.5) is 0 Å². The number of aromatic nitrogens is 2. The monoisotopic (exact) mass is 309 g/mol. The van der Waals surface area contributed by atoms with Crippen molar-refractivity contribution < 1.29 is 0 Å². The van der Waals surface area contributed by atoms with Crippen molar-refractivity contribution in [1.82, 2.24) is 15.1 Å². The van der Waals surface area contributed by atoms with Gasteiger partial charge in [-0.15, -0.1) is 11.8 Å². The fraction of sp³-hybridized carbons (Fsp3) is 0.824. The molecular weight excluding hydrogens is 278 g/mol. The first-order valence-electron chi connectivity index (χ1n) is 8.35. The van der Waals surface area contributed by atoms with Gasteiger partial charge in [0.05, 0.1) is 6.20 Å². The van der Waals surface area contributed by atoms with Crippen LogP contribution in [0.25, 0.3) is 0 Å². The van der Waals surface area contributed by atoms with Gasteiger partial charge in [-0.05, 0) is 37.1 Å². The molecule has 120 valence electrons. The zero-order valence-electron chi connectivity index (χ0n) is 14.2. The lowest BCUT2D eigenvalue weighted by atomic mass is 9.68. The molecule has 1 aromatic rings. The molecule has 3 unspecified atom stereocenters. The summed E-state index contributed by atoms with van der Waals surface area (Å²) < 4.78 is 1.90. The van der Waals surface area contributed by atoms with Crippen LogP contribution < -0.4 is 5.32 Å². The van der Waals surface area contributed by atoms with E-state index < -0.39 is 0 Å². The Labute approximate surface area is 134 Å². The van der Waals surface area contributed by atoms with Crippen LogP contribution in [0.5, 0.6) is 0 Å². The first-order chi connectivity index (χ1) is 9.96. The summed E-state index contributed by atoms with van der Waals surface area (Å²) in [4.78, 5) is 1.31. The SMILES string of the molecule is CCNC1CCC(C(C)(C)CC)CC1Sc1cnn(C)c1. The molecule has 4 heteroatoms. The molecule has 1 heterocycles. The Kier molecular flexibility index (Phi) is 5.78. The average Bonchev–Trinajstić information content (AvgIpc) is 2.86. The van der Waals surface area contributed by atoms with Gasteiger partial charge in [-0.25, -0.2) is 0 Å². The van der Waals surface area contributed by atoms with Crippen molar-refractivity contribution >= 4 is 11.8 Å². The Morgan fingerprint density at radius 3 is 2.71 bits per heavy atom. The van der Waals surface area contributed by atoms with Gasteiger partial charge in [-0.1, -0.05) is 34.1 Å². The molecule has 21 heavy (non-hydrogen) atoms. The number of aryl methyl sites for hydroxylation is 1. The van der Waals surface area contributed by atoms with Crippen molar-refractivity contribution in [3.05, 3.63) is 12.4 Å². The minimum atomic E-state index is 0.463. The van der Waals surface area contributed by atoms with Gasteiger partial charge in [0.15, 0.2) is 0 Å². The number of hydrogen-bond donors (Lipinski definition) is 1. The molecule has 0 aliphatic heterocycles. The lowest BCUT2D eigenvalue weighted by Gasteiger charge is -2.43. The third-order valence-electron chi connectivity index (χ3n) is 5.24. The lowest BCUT2D eigenvalue weighted by Crippen LogP contribution is -2.45. The van der Waals surface area contributed by atoms with E-state index in [1.807, 2.05) is 29.7 Å². The molecule has 0 amide bonds. The second-order valence-corrected chi connectivity index (χ2v) is 8.33. The molecule has 3 atom stereocenters. The van der Waals surface area contributed by atoms with Gasteiger partial charge in [0.2, 0.25) is 0 Å². The summed E-state index contributed by atoms with van der Waals surface area (Å²) in [6.45, 7) is 10.5. The van der Waals surface area contributed by atoms with E-state index in [4.69, 9.17) is 0 Å². The van der Waals surface area contributed by atoms with Crippen LogP contribution in [-0.2, 0) is 7.05 Å². The standard InChI is InChI=1S/C17H31N3S/c1-6-17(3,4)13-8-9-15(18-7-2)16(10-13)21-14-11-19-20(5)12-14/h11-13,15-16,18H,6-10H2,1-5H3. The van der Waals surface area contributed by atoms with Crippen LogP contribution in [0.1, 0.15) is 53.4 Å². The first-order valence-corrected chi connectivity index (χ1v) is 9.23. The van der Waals surface area contributed by atoms with E-state index in [1.165, 1.54) is 30.6 Å². The van der Waals surface area contributed by atoms with Crippen LogP contribution in [-0.4, -0.2) is 27.6 Å². The van der Waals surface area contributed by atoms with Gasteiger partial charge < -0.3 is 5.32 Å². The van der Waals surface area contributed by atoms with Crippen LogP contribution in [0.2, 0.25) is 0 Å². The number of thioether (sulfide) groups is 1. The third-order valence-corrected chi connectivity index (χ3v) is 6.55.